The number of nitrogens with two attached hydrogens (primary N) is 1. The van der Waals surface area contributed by atoms with Gasteiger partial charge in [0, 0.05) is 11.1 Å². The number of halogens is 2. The molecule has 21 heavy (non-hydrogen) atoms. The number of benzene rings is 2. The summed E-state index contributed by atoms with van der Waals surface area (Å²) in [4.78, 5) is 23.1. The van der Waals surface area contributed by atoms with Gasteiger partial charge in [0.1, 0.15) is 11.6 Å². The third-order valence-electron chi connectivity index (χ3n) is 2.93. The first-order chi connectivity index (χ1) is 9.88. The highest BCUT2D eigenvalue weighted by atomic mass is 19.1. The summed E-state index contributed by atoms with van der Waals surface area (Å²) in [5.74, 6) is -2.50. The van der Waals surface area contributed by atoms with Crippen LogP contribution in [-0.4, -0.2) is 11.8 Å². The molecule has 0 aromatic heterocycles. The summed E-state index contributed by atoms with van der Waals surface area (Å²) in [6.07, 6.45) is 0. The molecule has 4 nitrogen and oxygen atoms in total. The molecule has 0 spiro atoms. The summed E-state index contributed by atoms with van der Waals surface area (Å²) in [5, 5.41) is 2.34. The van der Waals surface area contributed by atoms with Gasteiger partial charge in [-0.2, -0.15) is 0 Å². The molecule has 0 saturated carbocycles. The molecule has 2 aromatic carbocycles. The van der Waals surface area contributed by atoms with Gasteiger partial charge in [0.25, 0.3) is 5.91 Å². The second-order valence-corrected chi connectivity index (χ2v) is 4.47. The van der Waals surface area contributed by atoms with Crippen molar-refractivity contribution in [2.24, 2.45) is 5.73 Å². The number of hydrogen-bond acceptors (Lipinski definition) is 2. The molecular weight excluding hydrogens is 278 g/mol. The Balaban J connectivity index is 2.31. The molecule has 0 radical (unpaired) electrons. The lowest BCUT2D eigenvalue weighted by atomic mass is 10.1. The SMILES string of the molecule is Cc1cc(F)ccc1C(=O)Nc1cc(C(N)=O)ccc1F. The molecule has 0 heterocycles. The summed E-state index contributed by atoms with van der Waals surface area (Å²) in [6.45, 7) is 1.56. The molecular formula is C15H12F2N2O2. The minimum Gasteiger partial charge on any atom is -0.366 e. The zero-order valence-electron chi connectivity index (χ0n) is 11.1. The van der Waals surface area contributed by atoms with Crippen LogP contribution in [0.1, 0.15) is 26.3 Å². The number of carbonyl (C=O) groups excluding carboxylic acids is 2. The molecule has 0 aliphatic rings. The number of carbonyl (C=O) groups is 2. The number of nitrogens with one attached hydrogen (secondary N) is 1. The van der Waals surface area contributed by atoms with Crippen LogP contribution >= 0.6 is 0 Å². The Hall–Kier alpha value is -2.76. The summed E-state index contributed by atoms with van der Waals surface area (Å²) < 4.78 is 26.6. The van der Waals surface area contributed by atoms with Gasteiger partial charge in [-0.15, -0.1) is 0 Å². The Morgan fingerprint density at radius 1 is 1.10 bits per heavy atom. The van der Waals surface area contributed by atoms with Crippen LogP contribution < -0.4 is 11.1 Å². The first-order valence-electron chi connectivity index (χ1n) is 6.05. The molecule has 0 saturated heterocycles. The Labute approximate surface area is 119 Å². The van der Waals surface area contributed by atoms with Crippen molar-refractivity contribution in [2.45, 2.75) is 6.92 Å². The zero-order chi connectivity index (χ0) is 15.6. The molecule has 0 aliphatic carbocycles. The molecule has 0 aliphatic heterocycles. The fourth-order valence-electron chi connectivity index (χ4n) is 1.85. The molecule has 6 heteroatoms. The fourth-order valence-corrected chi connectivity index (χ4v) is 1.85. The molecule has 0 bridgehead atoms. The van der Waals surface area contributed by atoms with Crippen LogP contribution in [0.4, 0.5) is 14.5 Å². The van der Waals surface area contributed by atoms with Gasteiger partial charge in [-0.05, 0) is 48.9 Å². The van der Waals surface area contributed by atoms with Crippen molar-refractivity contribution < 1.29 is 18.4 Å². The molecule has 0 fully saturated rings. The van der Waals surface area contributed by atoms with Crippen molar-refractivity contribution in [3.05, 3.63) is 64.7 Å². The standard InChI is InChI=1S/C15H12F2N2O2/c1-8-6-10(16)3-4-11(8)15(21)19-13-7-9(14(18)20)2-5-12(13)17/h2-7H,1H3,(H2,18,20)(H,19,21). The maximum absolute atomic E-state index is 13.6. The van der Waals surface area contributed by atoms with Crippen LogP contribution in [0.3, 0.4) is 0 Å². The summed E-state index contributed by atoms with van der Waals surface area (Å²) in [5.41, 5.74) is 5.63. The van der Waals surface area contributed by atoms with Crippen LogP contribution in [0.2, 0.25) is 0 Å². The van der Waals surface area contributed by atoms with E-state index in [4.69, 9.17) is 5.73 Å². The molecule has 2 amide bonds. The molecule has 108 valence electrons. The molecule has 0 atom stereocenters. The smallest absolute Gasteiger partial charge is 0.256 e. The average molecular weight is 290 g/mol. The molecule has 0 unspecified atom stereocenters. The van der Waals surface area contributed by atoms with Gasteiger partial charge < -0.3 is 11.1 Å². The van der Waals surface area contributed by atoms with E-state index >= 15 is 0 Å². The summed E-state index contributed by atoms with van der Waals surface area (Å²) in [7, 11) is 0. The molecule has 2 rings (SSSR count). The Bertz CT molecular complexity index is 730. The van der Waals surface area contributed by atoms with Crippen LogP contribution in [0.15, 0.2) is 36.4 Å². The third kappa shape index (κ3) is 3.22. The van der Waals surface area contributed by atoms with E-state index in [2.05, 4.69) is 5.32 Å². The van der Waals surface area contributed by atoms with Gasteiger partial charge in [0.2, 0.25) is 5.91 Å². The zero-order valence-corrected chi connectivity index (χ0v) is 11.1. The maximum Gasteiger partial charge on any atom is 0.256 e. The number of anilines is 1. The number of primary amides is 1. The Morgan fingerprint density at radius 2 is 1.81 bits per heavy atom. The number of amides is 2. The van der Waals surface area contributed by atoms with E-state index in [1.54, 1.807) is 6.92 Å². The van der Waals surface area contributed by atoms with Gasteiger partial charge in [-0.25, -0.2) is 8.78 Å². The lowest BCUT2D eigenvalue weighted by molar-refractivity contribution is 0.0996. The summed E-state index contributed by atoms with van der Waals surface area (Å²) in [6, 6.07) is 7.04. The largest absolute Gasteiger partial charge is 0.366 e. The van der Waals surface area contributed by atoms with Gasteiger partial charge in [0.05, 0.1) is 5.69 Å². The van der Waals surface area contributed by atoms with Gasteiger partial charge in [0.15, 0.2) is 0 Å². The predicted octanol–water partition coefficient (Wildman–Crippen LogP) is 2.62. The highest BCUT2D eigenvalue weighted by molar-refractivity contribution is 6.06. The van der Waals surface area contributed by atoms with Gasteiger partial charge in [-0.3, -0.25) is 9.59 Å². The Morgan fingerprint density at radius 3 is 2.43 bits per heavy atom. The van der Waals surface area contributed by atoms with Gasteiger partial charge in [-0.1, -0.05) is 0 Å². The number of hydrogen-bond donors (Lipinski definition) is 2. The lowest BCUT2D eigenvalue weighted by Crippen LogP contribution is -2.16. The van der Waals surface area contributed by atoms with Crippen molar-refractivity contribution in [3.63, 3.8) is 0 Å². The maximum atomic E-state index is 13.6. The van der Waals surface area contributed by atoms with Crippen LogP contribution in [0.25, 0.3) is 0 Å². The Kier molecular flexibility index (Phi) is 3.98. The first-order valence-corrected chi connectivity index (χ1v) is 6.05. The van der Waals surface area contributed by atoms with E-state index in [-0.39, 0.29) is 16.8 Å². The fraction of sp³-hybridized carbons (Fsp3) is 0.0667. The van der Waals surface area contributed by atoms with Crippen LogP contribution in [0, 0.1) is 18.6 Å². The van der Waals surface area contributed by atoms with Crippen molar-refractivity contribution in [3.8, 4) is 0 Å². The normalized spacial score (nSPS) is 10.2. The quantitative estimate of drug-likeness (QED) is 0.912. The second-order valence-electron chi connectivity index (χ2n) is 4.47. The van der Waals surface area contributed by atoms with E-state index < -0.39 is 23.4 Å². The predicted molar refractivity (Wildman–Crippen MR) is 74.0 cm³/mol. The van der Waals surface area contributed by atoms with Crippen molar-refractivity contribution in [1.82, 2.24) is 0 Å². The van der Waals surface area contributed by atoms with Crippen molar-refractivity contribution >= 4 is 17.5 Å². The second kappa shape index (κ2) is 5.70. The minimum absolute atomic E-state index is 0.0718. The number of aryl methyl sites for hydroxylation is 1. The first kappa shape index (κ1) is 14.6. The van der Waals surface area contributed by atoms with E-state index in [9.17, 15) is 18.4 Å². The monoisotopic (exact) mass is 290 g/mol. The molecule has 2 aromatic rings. The van der Waals surface area contributed by atoms with E-state index in [1.165, 1.54) is 18.2 Å². The van der Waals surface area contributed by atoms with Crippen LogP contribution in [0.5, 0.6) is 0 Å². The summed E-state index contributed by atoms with van der Waals surface area (Å²) >= 11 is 0. The van der Waals surface area contributed by atoms with Crippen LogP contribution in [-0.2, 0) is 0 Å². The van der Waals surface area contributed by atoms with E-state index in [0.29, 0.717) is 5.56 Å². The van der Waals surface area contributed by atoms with Crippen molar-refractivity contribution in [2.75, 3.05) is 5.32 Å². The minimum atomic E-state index is -0.733. The number of rotatable bonds is 3. The van der Waals surface area contributed by atoms with Gasteiger partial charge >= 0.3 is 0 Å². The highest BCUT2D eigenvalue weighted by Crippen LogP contribution is 2.18. The van der Waals surface area contributed by atoms with E-state index in [0.717, 1.165) is 18.2 Å². The van der Waals surface area contributed by atoms with E-state index in [1.807, 2.05) is 0 Å². The average Bonchev–Trinajstić information content (AvgIpc) is 2.40. The lowest BCUT2D eigenvalue weighted by Gasteiger charge is -2.09. The van der Waals surface area contributed by atoms with Crippen molar-refractivity contribution in [1.29, 1.82) is 0 Å². The highest BCUT2D eigenvalue weighted by Gasteiger charge is 2.13. The molecule has 3 N–H and O–H groups in total. The third-order valence-corrected chi connectivity index (χ3v) is 2.93. The topological polar surface area (TPSA) is 72.2 Å².